The highest BCUT2D eigenvalue weighted by molar-refractivity contribution is 9.10. The van der Waals surface area contributed by atoms with E-state index in [2.05, 4.69) is 41.5 Å². The van der Waals surface area contributed by atoms with Crippen molar-refractivity contribution in [2.45, 2.75) is 26.7 Å². The molecule has 0 aliphatic rings. The predicted octanol–water partition coefficient (Wildman–Crippen LogP) is 3.72. The zero-order chi connectivity index (χ0) is 12.3. The van der Waals surface area contributed by atoms with Crippen LogP contribution in [0, 0.1) is 5.41 Å². The van der Waals surface area contributed by atoms with Crippen LogP contribution in [0.5, 0.6) is 0 Å². The van der Waals surface area contributed by atoms with Crippen LogP contribution in [-0.2, 0) is 19.9 Å². The molecule has 1 atom stereocenters. The van der Waals surface area contributed by atoms with Crippen LogP contribution in [0.1, 0.15) is 25.2 Å². The van der Waals surface area contributed by atoms with Gasteiger partial charge in [-0.25, -0.2) is 0 Å². The van der Waals surface area contributed by atoms with Gasteiger partial charge in [-0.2, -0.15) is 5.10 Å². The molecule has 0 amide bonds. The van der Waals surface area contributed by atoms with Gasteiger partial charge in [0.05, 0.1) is 15.9 Å². The molecule has 1 aromatic heterocycles. The maximum absolute atomic E-state index is 5.99. The van der Waals surface area contributed by atoms with Gasteiger partial charge in [0.1, 0.15) is 0 Å². The topological polar surface area (TPSA) is 17.8 Å². The fourth-order valence-corrected chi connectivity index (χ4v) is 2.53. The third-order valence-corrected chi connectivity index (χ3v) is 4.40. The van der Waals surface area contributed by atoms with Gasteiger partial charge in [0.25, 0.3) is 0 Å². The molecule has 0 aliphatic carbocycles. The number of halogens is 2. The summed E-state index contributed by atoms with van der Waals surface area (Å²) in [5, 5.41) is 4.47. The molecular weight excluding hydrogens is 288 g/mol. The van der Waals surface area contributed by atoms with E-state index in [1.54, 1.807) is 0 Å². The average molecular weight is 306 g/mol. The summed E-state index contributed by atoms with van der Waals surface area (Å²) in [5.74, 6) is 0.565. The lowest BCUT2D eigenvalue weighted by Crippen LogP contribution is -2.20. The molecule has 1 unspecified atom stereocenters. The van der Waals surface area contributed by atoms with E-state index in [1.165, 1.54) is 5.69 Å². The number of hydrogen-bond donors (Lipinski definition) is 0. The summed E-state index contributed by atoms with van der Waals surface area (Å²) in [6, 6.07) is 0. The van der Waals surface area contributed by atoms with Crippen molar-refractivity contribution in [3.8, 4) is 0 Å². The van der Waals surface area contributed by atoms with Gasteiger partial charge < -0.3 is 0 Å². The van der Waals surface area contributed by atoms with Crippen molar-refractivity contribution in [2.75, 3.05) is 5.88 Å². The minimum atomic E-state index is -0.0805. The van der Waals surface area contributed by atoms with Crippen LogP contribution in [-0.4, -0.2) is 15.7 Å². The molecule has 0 aromatic carbocycles. The van der Waals surface area contributed by atoms with E-state index in [0.717, 1.165) is 23.0 Å². The number of rotatable bonds is 5. The van der Waals surface area contributed by atoms with Crippen LogP contribution >= 0.6 is 27.5 Å². The Morgan fingerprint density at radius 3 is 2.62 bits per heavy atom. The second-order valence-electron chi connectivity index (χ2n) is 4.35. The predicted molar refractivity (Wildman–Crippen MR) is 73.0 cm³/mol. The zero-order valence-corrected chi connectivity index (χ0v) is 12.4. The molecule has 0 bridgehead atoms. The number of aromatic nitrogens is 2. The monoisotopic (exact) mass is 304 g/mol. The van der Waals surface area contributed by atoms with Crippen LogP contribution in [0.4, 0.5) is 0 Å². The van der Waals surface area contributed by atoms with Crippen molar-refractivity contribution >= 4 is 27.5 Å². The fourth-order valence-electron chi connectivity index (χ4n) is 1.57. The Kier molecular flexibility index (Phi) is 4.62. The molecule has 1 aromatic rings. The number of hydrogen-bond acceptors (Lipinski definition) is 1. The first-order chi connectivity index (χ1) is 7.47. The molecule has 0 saturated heterocycles. The Morgan fingerprint density at radius 1 is 1.62 bits per heavy atom. The first-order valence-electron chi connectivity index (χ1n) is 5.37. The van der Waals surface area contributed by atoms with Crippen LogP contribution in [0.3, 0.4) is 0 Å². The third-order valence-electron chi connectivity index (χ3n) is 2.87. The lowest BCUT2D eigenvalue weighted by molar-refractivity contribution is 0.465. The maximum Gasteiger partial charge on any atom is 0.0766 e. The summed E-state index contributed by atoms with van der Waals surface area (Å²) >= 11 is 9.60. The SMILES string of the molecule is C=CC(C)(CCl)Cc1c(Br)c(CC)nn1C. The van der Waals surface area contributed by atoms with E-state index >= 15 is 0 Å². The molecule has 0 saturated carbocycles. The molecule has 0 spiro atoms. The van der Waals surface area contributed by atoms with Gasteiger partial charge in [0.2, 0.25) is 0 Å². The molecule has 1 heterocycles. The second-order valence-corrected chi connectivity index (χ2v) is 5.41. The van der Waals surface area contributed by atoms with Crippen molar-refractivity contribution < 1.29 is 0 Å². The van der Waals surface area contributed by atoms with Crippen molar-refractivity contribution in [3.05, 3.63) is 28.5 Å². The van der Waals surface area contributed by atoms with Crippen LogP contribution < -0.4 is 0 Å². The van der Waals surface area contributed by atoms with Crippen molar-refractivity contribution in [1.82, 2.24) is 9.78 Å². The number of alkyl halides is 1. The fraction of sp³-hybridized carbons (Fsp3) is 0.583. The van der Waals surface area contributed by atoms with Gasteiger partial charge in [-0.3, -0.25) is 4.68 Å². The molecule has 0 N–H and O–H groups in total. The quantitative estimate of drug-likeness (QED) is 0.599. The van der Waals surface area contributed by atoms with Gasteiger partial charge in [0.15, 0.2) is 0 Å². The summed E-state index contributed by atoms with van der Waals surface area (Å²) in [6.07, 6.45) is 3.70. The standard InChI is InChI=1S/C12H18BrClN2/c1-5-9-11(13)10(16(4)15-9)7-12(3,6-2)8-14/h6H,2,5,7-8H2,1,3-4H3. The van der Waals surface area contributed by atoms with Crippen LogP contribution in [0.15, 0.2) is 17.1 Å². The van der Waals surface area contributed by atoms with Gasteiger partial charge >= 0.3 is 0 Å². The minimum Gasteiger partial charge on any atom is -0.271 e. The second kappa shape index (κ2) is 5.37. The largest absolute Gasteiger partial charge is 0.271 e. The van der Waals surface area contributed by atoms with E-state index in [4.69, 9.17) is 11.6 Å². The summed E-state index contributed by atoms with van der Waals surface area (Å²) in [4.78, 5) is 0. The lowest BCUT2D eigenvalue weighted by atomic mass is 9.87. The molecule has 4 heteroatoms. The highest BCUT2D eigenvalue weighted by atomic mass is 79.9. The minimum absolute atomic E-state index is 0.0805. The van der Waals surface area contributed by atoms with E-state index in [1.807, 2.05) is 17.8 Å². The molecule has 0 aliphatic heterocycles. The average Bonchev–Trinajstić information content (AvgIpc) is 2.56. The number of allylic oxidation sites excluding steroid dienone is 1. The van der Waals surface area contributed by atoms with Crippen molar-refractivity contribution in [1.29, 1.82) is 0 Å². The Balaban J connectivity index is 3.05. The first-order valence-corrected chi connectivity index (χ1v) is 6.70. The molecule has 0 radical (unpaired) electrons. The van der Waals surface area contributed by atoms with E-state index < -0.39 is 0 Å². The highest BCUT2D eigenvalue weighted by Crippen LogP contribution is 2.30. The lowest BCUT2D eigenvalue weighted by Gasteiger charge is -2.22. The molecule has 1 rings (SSSR count). The molecule has 2 nitrogen and oxygen atoms in total. The Morgan fingerprint density at radius 2 is 2.25 bits per heavy atom. The first kappa shape index (κ1) is 13.8. The van der Waals surface area contributed by atoms with Gasteiger partial charge in [0, 0.05) is 24.8 Å². The number of nitrogens with zero attached hydrogens (tertiary/aromatic N) is 2. The summed E-state index contributed by atoms with van der Waals surface area (Å²) < 4.78 is 3.03. The van der Waals surface area contributed by atoms with Gasteiger partial charge in [-0.15, -0.1) is 18.2 Å². The Labute approximate surface area is 111 Å². The van der Waals surface area contributed by atoms with E-state index in [0.29, 0.717) is 5.88 Å². The molecular formula is C12H18BrClN2. The zero-order valence-electron chi connectivity index (χ0n) is 10.1. The van der Waals surface area contributed by atoms with E-state index in [9.17, 15) is 0 Å². The van der Waals surface area contributed by atoms with Crippen LogP contribution in [0.2, 0.25) is 0 Å². The Hall–Kier alpha value is -0.280. The third kappa shape index (κ3) is 2.69. The summed E-state index contributed by atoms with van der Waals surface area (Å²) in [7, 11) is 1.97. The van der Waals surface area contributed by atoms with E-state index in [-0.39, 0.29) is 5.41 Å². The van der Waals surface area contributed by atoms with Crippen molar-refractivity contribution in [3.63, 3.8) is 0 Å². The smallest absolute Gasteiger partial charge is 0.0766 e. The molecule has 90 valence electrons. The maximum atomic E-state index is 5.99. The highest BCUT2D eigenvalue weighted by Gasteiger charge is 2.24. The molecule has 0 fully saturated rings. The normalized spacial score (nSPS) is 14.8. The van der Waals surface area contributed by atoms with Crippen LogP contribution in [0.25, 0.3) is 0 Å². The Bertz CT molecular complexity index is 387. The molecule has 16 heavy (non-hydrogen) atoms. The van der Waals surface area contributed by atoms with Gasteiger partial charge in [-0.05, 0) is 22.4 Å². The van der Waals surface area contributed by atoms with Gasteiger partial charge in [-0.1, -0.05) is 19.9 Å². The van der Waals surface area contributed by atoms with Crippen molar-refractivity contribution in [2.24, 2.45) is 12.5 Å². The number of aryl methyl sites for hydroxylation is 2. The summed E-state index contributed by atoms with van der Waals surface area (Å²) in [5.41, 5.74) is 2.20. The summed E-state index contributed by atoms with van der Waals surface area (Å²) in [6.45, 7) is 8.07.